The summed E-state index contributed by atoms with van der Waals surface area (Å²) in [5.41, 5.74) is 0.633. The number of methoxy groups -OCH3 is 1. The zero-order valence-electron chi connectivity index (χ0n) is 14.3. The minimum Gasteiger partial charge on any atom is -0.379 e. The summed E-state index contributed by atoms with van der Waals surface area (Å²) in [5.74, 6) is -0.256. The molecule has 1 N–H and O–H groups in total. The number of fused-ring (bicyclic) bond motifs is 1. The number of nitrogens with zero attached hydrogens (tertiary/aromatic N) is 2. The van der Waals surface area contributed by atoms with Crippen molar-refractivity contribution in [1.29, 1.82) is 5.26 Å². The zero-order valence-corrected chi connectivity index (χ0v) is 15.1. The van der Waals surface area contributed by atoms with Crippen molar-refractivity contribution in [2.24, 2.45) is 0 Å². The van der Waals surface area contributed by atoms with Crippen molar-refractivity contribution in [2.75, 3.05) is 7.11 Å². The molecular formula is C19H20ClN3O2. The second-order valence-corrected chi connectivity index (χ2v) is 7.10. The third-order valence-electron chi connectivity index (χ3n) is 5.05. The standard InChI is InChI=1S/C19H20ClN3O2/c1-19(25-2)8-6-13(7-9-19)22-18(24)17-14-5-3-4-12(11-21)15(14)10-16(20)23-17/h3-5,10,13H,6-9H2,1-2H3,(H,22,24). The van der Waals surface area contributed by atoms with Gasteiger partial charge in [-0.2, -0.15) is 5.26 Å². The van der Waals surface area contributed by atoms with Gasteiger partial charge in [-0.15, -0.1) is 0 Å². The molecule has 1 fully saturated rings. The summed E-state index contributed by atoms with van der Waals surface area (Å²) < 4.78 is 5.54. The van der Waals surface area contributed by atoms with Gasteiger partial charge in [0, 0.05) is 23.9 Å². The van der Waals surface area contributed by atoms with E-state index in [0.29, 0.717) is 16.3 Å². The van der Waals surface area contributed by atoms with Crippen LogP contribution < -0.4 is 5.32 Å². The molecule has 0 radical (unpaired) electrons. The Balaban J connectivity index is 1.85. The number of aromatic nitrogens is 1. The van der Waals surface area contributed by atoms with Crippen molar-refractivity contribution >= 4 is 28.3 Å². The molecule has 1 saturated carbocycles. The number of nitriles is 1. The van der Waals surface area contributed by atoms with Gasteiger partial charge in [-0.1, -0.05) is 23.7 Å². The van der Waals surface area contributed by atoms with E-state index in [2.05, 4.69) is 23.3 Å². The zero-order chi connectivity index (χ0) is 18.0. The normalized spacial score (nSPS) is 23.2. The van der Waals surface area contributed by atoms with Crippen LogP contribution in [0.25, 0.3) is 10.8 Å². The molecule has 1 aromatic carbocycles. The van der Waals surface area contributed by atoms with Crippen LogP contribution in [0.1, 0.15) is 48.7 Å². The van der Waals surface area contributed by atoms with Gasteiger partial charge in [-0.05, 0) is 44.7 Å². The number of rotatable bonds is 3. The Kier molecular flexibility index (Phi) is 4.94. The molecule has 0 spiro atoms. The van der Waals surface area contributed by atoms with E-state index >= 15 is 0 Å². The van der Waals surface area contributed by atoms with Crippen LogP contribution in [-0.4, -0.2) is 29.6 Å². The molecular weight excluding hydrogens is 338 g/mol. The number of halogens is 1. The van der Waals surface area contributed by atoms with Crippen LogP contribution in [0.3, 0.4) is 0 Å². The topological polar surface area (TPSA) is 75.0 Å². The Morgan fingerprint density at radius 1 is 1.40 bits per heavy atom. The molecule has 5 nitrogen and oxygen atoms in total. The fourth-order valence-electron chi connectivity index (χ4n) is 3.35. The van der Waals surface area contributed by atoms with Gasteiger partial charge in [-0.3, -0.25) is 4.79 Å². The molecule has 2 aromatic rings. The van der Waals surface area contributed by atoms with E-state index < -0.39 is 0 Å². The molecule has 130 valence electrons. The minimum atomic E-state index is -0.256. The van der Waals surface area contributed by atoms with E-state index in [1.54, 1.807) is 31.4 Å². The maximum absolute atomic E-state index is 12.8. The van der Waals surface area contributed by atoms with E-state index in [9.17, 15) is 10.1 Å². The molecule has 25 heavy (non-hydrogen) atoms. The summed E-state index contributed by atoms with van der Waals surface area (Å²) in [6.07, 6.45) is 3.52. The second-order valence-electron chi connectivity index (χ2n) is 6.71. The molecule has 1 amide bonds. The highest BCUT2D eigenvalue weighted by molar-refractivity contribution is 6.30. The molecule has 6 heteroatoms. The lowest BCUT2D eigenvalue weighted by Gasteiger charge is -2.36. The Labute approximate surface area is 151 Å². The third-order valence-corrected chi connectivity index (χ3v) is 5.24. The van der Waals surface area contributed by atoms with Gasteiger partial charge in [0.2, 0.25) is 0 Å². The van der Waals surface area contributed by atoms with E-state index in [1.165, 1.54) is 0 Å². The van der Waals surface area contributed by atoms with Crippen molar-refractivity contribution < 1.29 is 9.53 Å². The molecule has 1 heterocycles. The summed E-state index contributed by atoms with van der Waals surface area (Å²) in [4.78, 5) is 17.0. The second kappa shape index (κ2) is 6.99. The van der Waals surface area contributed by atoms with E-state index in [0.717, 1.165) is 25.7 Å². The number of hydrogen-bond donors (Lipinski definition) is 1. The smallest absolute Gasteiger partial charge is 0.270 e. The number of hydrogen-bond acceptors (Lipinski definition) is 4. The molecule has 0 aliphatic heterocycles. The van der Waals surface area contributed by atoms with Crippen LogP contribution in [0.2, 0.25) is 5.15 Å². The Bertz CT molecular complexity index is 852. The molecule has 0 unspecified atom stereocenters. The number of nitrogens with one attached hydrogen (secondary N) is 1. The summed E-state index contributed by atoms with van der Waals surface area (Å²) >= 11 is 6.08. The number of amides is 1. The average molecular weight is 358 g/mol. The van der Waals surface area contributed by atoms with Gasteiger partial charge in [0.05, 0.1) is 17.2 Å². The van der Waals surface area contributed by atoms with Gasteiger partial charge in [-0.25, -0.2) is 4.98 Å². The summed E-state index contributed by atoms with van der Waals surface area (Å²) in [6.45, 7) is 2.10. The predicted molar refractivity (Wildman–Crippen MR) is 96.6 cm³/mol. The number of carbonyl (C=O) groups excluding carboxylic acids is 1. The third kappa shape index (κ3) is 3.60. The molecule has 1 aliphatic rings. The van der Waals surface area contributed by atoms with E-state index in [-0.39, 0.29) is 28.4 Å². The highest BCUT2D eigenvalue weighted by Gasteiger charge is 2.31. The van der Waals surface area contributed by atoms with Crippen LogP contribution in [0, 0.1) is 11.3 Å². The number of ether oxygens (including phenoxy) is 1. The predicted octanol–water partition coefficient (Wildman–Crippen LogP) is 3.84. The first-order valence-corrected chi connectivity index (χ1v) is 8.69. The maximum atomic E-state index is 12.8. The first-order valence-electron chi connectivity index (χ1n) is 8.31. The van der Waals surface area contributed by atoms with Gasteiger partial charge >= 0.3 is 0 Å². The number of pyridine rings is 1. The maximum Gasteiger partial charge on any atom is 0.270 e. The minimum absolute atomic E-state index is 0.0886. The quantitative estimate of drug-likeness (QED) is 0.847. The van der Waals surface area contributed by atoms with Crippen molar-refractivity contribution in [1.82, 2.24) is 10.3 Å². The monoisotopic (exact) mass is 357 g/mol. The largest absolute Gasteiger partial charge is 0.379 e. The number of carbonyl (C=O) groups is 1. The molecule has 0 atom stereocenters. The summed E-state index contributed by atoms with van der Waals surface area (Å²) in [7, 11) is 1.73. The SMILES string of the molecule is COC1(C)CCC(NC(=O)c2nc(Cl)cc3c(C#N)cccc23)CC1. The first kappa shape index (κ1) is 17.7. The van der Waals surface area contributed by atoms with Crippen LogP contribution in [-0.2, 0) is 4.74 Å². The Morgan fingerprint density at radius 2 is 2.12 bits per heavy atom. The van der Waals surface area contributed by atoms with Crippen LogP contribution in [0.5, 0.6) is 0 Å². The summed E-state index contributed by atoms with van der Waals surface area (Å²) in [6, 6.07) is 9.08. The van der Waals surface area contributed by atoms with Crippen LogP contribution in [0.4, 0.5) is 0 Å². The van der Waals surface area contributed by atoms with E-state index in [4.69, 9.17) is 16.3 Å². The lowest BCUT2D eigenvalue weighted by molar-refractivity contribution is -0.0287. The average Bonchev–Trinajstić information content (AvgIpc) is 2.62. The van der Waals surface area contributed by atoms with Crippen molar-refractivity contribution in [2.45, 2.75) is 44.2 Å². The summed E-state index contributed by atoms with van der Waals surface area (Å²) in [5, 5.41) is 13.8. The van der Waals surface area contributed by atoms with Gasteiger partial charge in [0.1, 0.15) is 10.8 Å². The van der Waals surface area contributed by atoms with Crippen LogP contribution >= 0.6 is 11.6 Å². The molecule has 0 bridgehead atoms. The van der Waals surface area contributed by atoms with Gasteiger partial charge in [0.25, 0.3) is 5.91 Å². The van der Waals surface area contributed by atoms with Crippen LogP contribution in [0.15, 0.2) is 24.3 Å². The molecule has 3 rings (SSSR count). The number of benzene rings is 1. The van der Waals surface area contributed by atoms with Crippen molar-refractivity contribution in [3.05, 3.63) is 40.7 Å². The molecule has 1 aliphatic carbocycles. The lowest BCUT2D eigenvalue weighted by atomic mass is 9.83. The Morgan fingerprint density at radius 3 is 2.76 bits per heavy atom. The first-order chi connectivity index (χ1) is 12.0. The van der Waals surface area contributed by atoms with E-state index in [1.807, 2.05) is 0 Å². The highest BCUT2D eigenvalue weighted by Crippen LogP contribution is 2.31. The molecule has 0 saturated heterocycles. The van der Waals surface area contributed by atoms with Gasteiger partial charge in [0.15, 0.2) is 0 Å². The van der Waals surface area contributed by atoms with Crippen molar-refractivity contribution in [3.8, 4) is 6.07 Å². The van der Waals surface area contributed by atoms with Gasteiger partial charge < -0.3 is 10.1 Å². The fourth-order valence-corrected chi connectivity index (χ4v) is 3.54. The Hall–Kier alpha value is -2.16. The lowest BCUT2D eigenvalue weighted by Crippen LogP contribution is -2.43. The molecule has 1 aromatic heterocycles. The highest BCUT2D eigenvalue weighted by atomic mass is 35.5. The fraction of sp³-hybridized carbons (Fsp3) is 0.421. The van der Waals surface area contributed by atoms with Crippen molar-refractivity contribution in [3.63, 3.8) is 0 Å².